The Morgan fingerprint density at radius 3 is 2.80 bits per heavy atom. The zero-order chi connectivity index (χ0) is 14.1. The number of aryl methyl sites for hydroxylation is 1. The summed E-state index contributed by atoms with van der Waals surface area (Å²) in [5.74, 6) is 1.18. The molecular formula is C18H16O2. The second-order valence-corrected chi connectivity index (χ2v) is 4.95. The van der Waals surface area contributed by atoms with E-state index in [9.17, 15) is 5.11 Å². The van der Waals surface area contributed by atoms with E-state index in [-0.39, 0.29) is 5.75 Å². The summed E-state index contributed by atoms with van der Waals surface area (Å²) in [4.78, 5) is 0. The van der Waals surface area contributed by atoms with Crippen LogP contribution in [0.5, 0.6) is 5.75 Å². The average Bonchev–Trinajstić information content (AvgIpc) is 2.80. The van der Waals surface area contributed by atoms with Crippen molar-refractivity contribution in [2.75, 3.05) is 0 Å². The third kappa shape index (κ3) is 2.21. The summed E-state index contributed by atoms with van der Waals surface area (Å²) in [6, 6.07) is 13.6. The lowest BCUT2D eigenvalue weighted by Crippen LogP contribution is -1.85. The van der Waals surface area contributed by atoms with Crippen molar-refractivity contribution in [3.63, 3.8) is 0 Å². The Morgan fingerprint density at radius 1 is 1.15 bits per heavy atom. The van der Waals surface area contributed by atoms with Crippen LogP contribution in [0.3, 0.4) is 0 Å². The highest BCUT2D eigenvalue weighted by molar-refractivity contribution is 5.85. The zero-order valence-electron chi connectivity index (χ0n) is 11.4. The van der Waals surface area contributed by atoms with E-state index in [0.29, 0.717) is 0 Å². The predicted molar refractivity (Wildman–Crippen MR) is 82.0 cm³/mol. The minimum absolute atomic E-state index is 0.289. The summed E-state index contributed by atoms with van der Waals surface area (Å²) < 4.78 is 5.58. The maximum Gasteiger partial charge on any atom is 0.134 e. The molecule has 2 aromatic carbocycles. The molecule has 0 bridgehead atoms. The largest absolute Gasteiger partial charge is 0.507 e. The molecule has 0 atom stereocenters. The second kappa shape index (κ2) is 4.89. The zero-order valence-corrected chi connectivity index (χ0v) is 11.4. The molecule has 3 aromatic rings. The summed E-state index contributed by atoms with van der Waals surface area (Å²) >= 11 is 0. The molecule has 0 unspecified atom stereocenters. The molecule has 1 aromatic heterocycles. The fourth-order valence-electron chi connectivity index (χ4n) is 2.45. The van der Waals surface area contributed by atoms with E-state index < -0.39 is 0 Å². The van der Waals surface area contributed by atoms with Gasteiger partial charge in [0, 0.05) is 10.9 Å². The van der Waals surface area contributed by atoms with Crippen molar-refractivity contribution in [3.05, 3.63) is 66.4 Å². The van der Waals surface area contributed by atoms with Gasteiger partial charge in [0.05, 0.1) is 0 Å². The predicted octanol–water partition coefficient (Wildman–Crippen LogP) is 4.84. The van der Waals surface area contributed by atoms with E-state index in [2.05, 4.69) is 6.58 Å². The van der Waals surface area contributed by atoms with E-state index in [1.807, 2.05) is 49.4 Å². The maximum atomic E-state index is 10.1. The van der Waals surface area contributed by atoms with Gasteiger partial charge in [-0.1, -0.05) is 18.2 Å². The van der Waals surface area contributed by atoms with Crippen LogP contribution in [-0.4, -0.2) is 5.11 Å². The molecule has 0 aliphatic rings. The lowest BCUT2D eigenvalue weighted by molar-refractivity contribution is 0.477. The van der Waals surface area contributed by atoms with Crippen molar-refractivity contribution < 1.29 is 9.52 Å². The Balaban J connectivity index is 2.13. The number of allylic oxidation sites excluding steroid dienone is 1. The summed E-state index contributed by atoms with van der Waals surface area (Å²) in [5, 5.41) is 11.1. The number of furan rings is 1. The fourth-order valence-corrected chi connectivity index (χ4v) is 2.45. The van der Waals surface area contributed by atoms with Crippen LogP contribution in [0.15, 0.2) is 59.5 Å². The molecule has 0 saturated carbocycles. The topological polar surface area (TPSA) is 33.4 Å². The molecular weight excluding hydrogens is 248 g/mol. The summed E-state index contributed by atoms with van der Waals surface area (Å²) in [6.45, 7) is 5.68. The Hall–Kier alpha value is -2.48. The van der Waals surface area contributed by atoms with Crippen molar-refractivity contribution in [3.8, 4) is 16.9 Å². The quantitative estimate of drug-likeness (QED) is 0.686. The summed E-state index contributed by atoms with van der Waals surface area (Å²) in [6.07, 6.45) is 2.65. The lowest BCUT2D eigenvalue weighted by atomic mass is 9.99. The number of benzene rings is 2. The monoisotopic (exact) mass is 264 g/mol. The van der Waals surface area contributed by atoms with Gasteiger partial charge in [0.2, 0.25) is 0 Å². The number of hydrogen-bond donors (Lipinski definition) is 1. The third-order valence-electron chi connectivity index (χ3n) is 3.39. The number of rotatable bonds is 3. The molecule has 0 aliphatic carbocycles. The molecule has 0 radical (unpaired) electrons. The number of hydrogen-bond acceptors (Lipinski definition) is 2. The average molecular weight is 264 g/mol. The Morgan fingerprint density at radius 2 is 2.00 bits per heavy atom. The molecule has 1 N–H and O–H groups in total. The van der Waals surface area contributed by atoms with Gasteiger partial charge in [-0.05, 0) is 54.8 Å². The van der Waals surface area contributed by atoms with Gasteiger partial charge in [0.25, 0.3) is 0 Å². The Kier molecular flexibility index (Phi) is 3.07. The van der Waals surface area contributed by atoms with E-state index in [1.165, 1.54) is 0 Å². The van der Waals surface area contributed by atoms with Crippen molar-refractivity contribution in [1.82, 2.24) is 0 Å². The highest BCUT2D eigenvalue weighted by Gasteiger charge is 2.08. The van der Waals surface area contributed by atoms with Crippen LogP contribution < -0.4 is 0 Å². The van der Waals surface area contributed by atoms with Gasteiger partial charge in [0.1, 0.15) is 17.1 Å². The lowest BCUT2D eigenvalue weighted by Gasteiger charge is -2.07. The summed E-state index contributed by atoms with van der Waals surface area (Å²) in [5.41, 5.74) is 3.83. The first kappa shape index (κ1) is 12.5. The van der Waals surface area contributed by atoms with Gasteiger partial charge in [-0.25, -0.2) is 0 Å². The second-order valence-electron chi connectivity index (χ2n) is 4.95. The van der Waals surface area contributed by atoms with Crippen LogP contribution in [0.1, 0.15) is 11.3 Å². The highest BCUT2D eigenvalue weighted by Crippen LogP contribution is 2.33. The first-order valence-corrected chi connectivity index (χ1v) is 6.61. The van der Waals surface area contributed by atoms with Gasteiger partial charge in [-0.2, -0.15) is 0 Å². The molecule has 100 valence electrons. The van der Waals surface area contributed by atoms with Crippen LogP contribution >= 0.6 is 0 Å². The van der Waals surface area contributed by atoms with Crippen molar-refractivity contribution in [1.29, 1.82) is 0 Å². The minimum Gasteiger partial charge on any atom is -0.507 e. The SMILES string of the molecule is C=CCc1ccc(O)c(-c2ccc3oc(C)cc3c2)c1. The third-order valence-corrected chi connectivity index (χ3v) is 3.39. The maximum absolute atomic E-state index is 10.1. The van der Waals surface area contributed by atoms with Crippen molar-refractivity contribution in [2.24, 2.45) is 0 Å². The molecule has 0 saturated heterocycles. The van der Waals surface area contributed by atoms with Gasteiger partial charge < -0.3 is 9.52 Å². The highest BCUT2D eigenvalue weighted by atomic mass is 16.3. The molecule has 1 heterocycles. The van der Waals surface area contributed by atoms with Crippen LogP contribution in [0.25, 0.3) is 22.1 Å². The van der Waals surface area contributed by atoms with Crippen molar-refractivity contribution >= 4 is 11.0 Å². The van der Waals surface area contributed by atoms with Crippen LogP contribution in [0, 0.1) is 6.92 Å². The van der Waals surface area contributed by atoms with Crippen LogP contribution in [0.2, 0.25) is 0 Å². The minimum atomic E-state index is 0.289. The van der Waals surface area contributed by atoms with Crippen molar-refractivity contribution in [2.45, 2.75) is 13.3 Å². The van der Waals surface area contributed by atoms with Gasteiger partial charge in [-0.3, -0.25) is 0 Å². The molecule has 0 amide bonds. The van der Waals surface area contributed by atoms with E-state index in [4.69, 9.17) is 4.42 Å². The molecule has 0 spiro atoms. The number of fused-ring (bicyclic) bond motifs is 1. The van der Waals surface area contributed by atoms with E-state index >= 15 is 0 Å². The summed E-state index contributed by atoms with van der Waals surface area (Å²) in [7, 11) is 0. The van der Waals surface area contributed by atoms with E-state index in [1.54, 1.807) is 6.07 Å². The van der Waals surface area contributed by atoms with Crippen LogP contribution in [0.4, 0.5) is 0 Å². The fraction of sp³-hybridized carbons (Fsp3) is 0.111. The van der Waals surface area contributed by atoms with Gasteiger partial charge >= 0.3 is 0 Å². The normalized spacial score (nSPS) is 10.8. The molecule has 0 fully saturated rings. The Bertz CT molecular complexity index is 781. The Labute approximate surface area is 118 Å². The first-order valence-electron chi connectivity index (χ1n) is 6.61. The van der Waals surface area contributed by atoms with E-state index in [0.717, 1.165) is 39.8 Å². The molecule has 20 heavy (non-hydrogen) atoms. The van der Waals surface area contributed by atoms with Gasteiger partial charge in [0.15, 0.2) is 0 Å². The van der Waals surface area contributed by atoms with Crippen LogP contribution in [-0.2, 0) is 6.42 Å². The molecule has 2 nitrogen and oxygen atoms in total. The number of phenols is 1. The molecule has 3 rings (SSSR count). The smallest absolute Gasteiger partial charge is 0.134 e. The molecule has 2 heteroatoms. The standard InChI is InChI=1S/C18H16O2/c1-3-4-13-5-7-17(19)16(10-13)14-6-8-18-15(11-14)9-12(2)20-18/h3,5-11,19H,1,4H2,2H3. The molecule has 0 aliphatic heterocycles. The first-order chi connectivity index (χ1) is 9.67. The number of aromatic hydroxyl groups is 1. The van der Waals surface area contributed by atoms with Gasteiger partial charge in [-0.15, -0.1) is 6.58 Å². The number of phenolic OH excluding ortho intramolecular Hbond substituents is 1.